The molecule has 0 radical (unpaired) electrons. The highest BCUT2D eigenvalue weighted by Crippen LogP contribution is 2.22. The maximum Gasteiger partial charge on any atom is 0.119 e. The van der Waals surface area contributed by atoms with Crippen molar-refractivity contribution in [3.8, 4) is 16.9 Å². The summed E-state index contributed by atoms with van der Waals surface area (Å²) >= 11 is 0. The lowest BCUT2D eigenvalue weighted by Crippen LogP contribution is -1.97. The standard InChI is InChI=1S/C25H36O/c1-2-3-4-5-6-7-8-9-10-11-15-22-26-25-20-18-24(19-21-25)23-16-13-12-14-17-23/h12-14,16-21H,2-11,15,22H2,1H3. The minimum atomic E-state index is 0.835. The van der Waals surface area contributed by atoms with Crippen LogP contribution in [0.25, 0.3) is 11.1 Å². The first-order chi connectivity index (χ1) is 12.9. The predicted molar refractivity (Wildman–Crippen MR) is 114 cm³/mol. The first-order valence-corrected chi connectivity index (χ1v) is 10.7. The quantitative estimate of drug-likeness (QED) is 0.312. The summed E-state index contributed by atoms with van der Waals surface area (Å²) in [6.07, 6.45) is 15.1. The van der Waals surface area contributed by atoms with E-state index in [0.29, 0.717) is 0 Å². The smallest absolute Gasteiger partial charge is 0.119 e. The van der Waals surface area contributed by atoms with Gasteiger partial charge in [0.25, 0.3) is 0 Å². The highest BCUT2D eigenvalue weighted by Gasteiger charge is 1.98. The summed E-state index contributed by atoms with van der Waals surface area (Å²) in [6, 6.07) is 18.9. The van der Waals surface area contributed by atoms with Gasteiger partial charge in [-0.25, -0.2) is 0 Å². The van der Waals surface area contributed by atoms with Gasteiger partial charge in [0.15, 0.2) is 0 Å². The molecule has 2 rings (SSSR count). The average molecular weight is 353 g/mol. The first-order valence-electron chi connectivity index (χ1n) is 10.7. The first kappa shape index (κ1) is 20.6. The zero-order chi connectivity index (χ0) is 18.3. The summed E-state index contributed by atoms with van der Waals surface area (Å²) in [5, 5.41) is 0. The fraction of sp³-hybridized carbons (Fsp3) is 0.520. The van der Waals surface area contributed by atoms with Gasteiger partial charge in [0.05, 0.1) is 6.61 Å². The van der Waals surface area contributed by atoms with Gasteiger partial charge in [-0.1, -0.05) is 114 Å². The van der Waals surface area contributed by atoms with Gasteiger partial charge < -0.3 is 4.74 Å². The van der Waals surface area contributed by atoms with E-state index in [1.165, 1.54) is 75.3 Å². The minimum absolute atomic E-state index is 0.835. The van der Waals surface area contributed by atoms with E-state index < -0.39 is 0 Å². The molecule has 0 heterocycles. The van der Waals surface area contributed by atoms with Gasteiger partial charge in [-0.15, -0.1) is 0 Å². The lowest BCUT2D eigenvalue weighted by atomic mass is 10.1. The van der Waals surface area contributed by atoms with Gasteiger partial charge >= 0.3 is 0 Å². The molecule has 0 saturated heterocycles. The van der Waals surface area contributed by atoms with Crippen LogP contribution in [-0.4, -0.2) is 6.61 Å². The van der Waals surface area contributed by atoms with Crippen LogP contribution in [0.1, 0.15) is 77.6 Å². The molecule has 1 nitrogen and oxygen atoms in total. The van der Waals surface area contributed by atoms with Gasteiger partial charge in [-0.2, -0.15) is 0 Å². The molecule has 0 N–H and O–H groups in total. The number of hydrogen-bond acceptors (Lipinski definition) is 1. The molecule has 2 aromatic rings. The van der Waals surface area contributed by atoms with Crippen LogP contribution in [0.3, 0.4) is 0 Å². The zero-order valence-corrected chi connectivity index (χ0v) is 16.6. The average Bonchev–Trinajstić information content (AvgIpc) is 2.70. The summed E-state index contributed by atoms with van der Waals surface area (Å²) in [5.74, 6) is 0.983. The van der Waals surface area contributed by atoms with E-state index in [9.17, 15) is 0 Å². The molecule has 0 amide bonds. The summed E-state index contributed by atoms with van der Waals surface area (Å²) < 4.78 is 5.88. The van der Waals surface area contributed by atoms with Crippen LogP contribution in [0.15, 0.2) is 54.6 Å². The maximum atomic E-state index is 5.88. The van der Waals surface area contributed by atoms with Crippen LogP contribution >= 0.6 is 0 Å². The van der Waals surface area contributed by atoms with E-state index >= 15 is 0 Å². The predicted octanol–water partition coefficient (Wildman–Crippen LogP) is 8.04. The van der Waals surface area contributed by atoms with Gasteiger partial charge in [-0.3, -0.25) is 0 Å². The molecular weight excluding hydrogens is 316 g/mol. The summed E-state index contributed by atoms with van der Waals surface area (Å²) in [4.78, 5) is 0. The lowest BCUT2D eigenvalue weighted by Gasteiger charge is -2.07. The summed E-state index contributed by atoms with van der Waals surface area (Å²) in [7, 11) is 0. The Bertz CT molecular complexity index is 558. The second kappa shape index (κ2) is 13.4. The Kier molecular flexibility index (Phi) is 10.6. The molecule has 0 bridgehead atoms. The topological polar surface area (TPSA) is 9.23 Å². The molecule has 2 aromatic carbocycles. The molecule has 0 spiro atoms. The van der Waals surface area contributed by atoms with Gasteiger partial charge in [0.2, 0.25) is 0 Å². The van der Waals surface area contributed by atoms with Gasteiger partial charge in [0, 0.05) is 0 Å². The van der Waals surface area contributed by atoms with Crippen molar-refractivity contribution in [2.75, 3.05) is 6.61 Å². The van der Waals surface area contributed by atoms with Crippen molar-refractivity contribution in [2.45, 2.75) is 77.6 Å². The Labute approximate surface area is 160 Å². The molecule has 0 atom stereocenters. The SMILES string of the molecule is CCCCCCCCCCCCCOc1ccc(-c2ccccc2)cc1. The monoisotopic (exact) mass is 352 g/mol. The van der Waals surface area contributed by atoms with Crippen LogP contribution in [-0.2, 0) is 0 Å². The zero-order valence-electron chi connectivity index (χ0n) is 16.6. The number of rotatable bonds is 14. The van der Waals surface area contributed by atoms with Crippen molar-refractivity contribution in [1.29, 1.82) is 0 Å². The van der Waals surface area contributed by atoms with Gasteiger partial charge in [-0.05, 0) is 29.7 Å². The van der Waals surface area contributed by atoms with Crippen LogP contribution in [0.5, 0.6) is 5.75 Å². The van der Waals surface area contributed by atoms with Crippen molar-refractivity contribution in [1.82, 2.24) is 0 Å². The second-order valence-electron chi connectivity index (χ2n) is 7.27. The van der Waals surface area contributed by atoms with Crippen molar-refractivity contribution in [2.24, 2.45) is 0 Å². The number of benzene rings is 2. The third-order valence-electron chi connectivity index (χ3n) is 4.98. The van der Waals surface area contributed by atoms with Crippen molar-refractivity contribution in [3.63, 3.8) is 0 Å². The van der Waals surface area contributed by atoms with E-state index in [1.54, 1.807) is 0 Å². The molecule has 1 heteroatoms. The third kappa shape index (κ3) is 8.56. The molecule has 0 unspecified atom stereocenters. The Morgan fingerprint density at radius 1 is 0.538 bits per heavy atom. The molecule has 0 fully saturated rings. The van der Waals surface area contributed by atoms with E-state index in [1.807, 2.05) is 0 Å². The van der Waals surface area contributed by atoms with Crippen LogP contribution < -0.4 is 4.74 Å². The number of ether oxygens (including phenoxy) is 1. The molecule has 0 saturated carbocycles. The molecular formula is C25H36O. The molecule has 0 aromatic heterocycles. The Balaban J connectivity index is 1.47. The Hall–Kier alpha value is -1.76. The maximum absolute atomic E-state index is 5.88. The van der Waals surface area contributed by atoms with Crippen molar-refractivity contribution in [3.05, 3.63) is 54.6 Å². The van der Waals surface area contributed by atoms with Crippen LogP contribution in [0.4, 0.5) is 0 Å². The lowest BCUT2D eigenvalue weighted by molar-refractivity contribution is 0.304. The molecule has 142 valence electrons. The van der Waals surface area contributed by atoms with E-state index in [4.69, 9.17) is 4.74 Å². The summed E-state index contributed by atoms with van der Waals surface area (Å²) in [6.45, 7) is 3.12. The third-order valence-corrected chi connectivity index (χ3v) is 4.98. The van der Waals surface area contributed by atoms with E-state index in [0.717, 1.165) is 18.8 Å². The number of unbranched alkanes of at least 4 members (excludes halogenated alkanes) is 10. The molecule has 0 aliphatic rings. The molecule has 26 heavy (non-hydrogen) atoms. The van der Waals surface area contributed by atoms with Crippen molar-refractivity contribution < 1.29 is 4.74 Å². The van der Waals surface area contributed by atoms with E-state index in [2.05, 4.69) is 61.5 Å². The normalized spacial score (nSPS) is 10.8. The molecule has 0 aliphatic carbocycles. The number of hydrogen-bond donors (Lipinski definition) is 0. The fourth-order valence-electron chi connectivity index (χ4n) is 3.33. The fourth-order valence-corrected chi connectivity index (χ4v) is 3.33. The minimum Gasteiger partial charge on any atom is -0.494 e. The summed E-state index contributed by atoms with van der Waals surface area (Å²) in [5.41, 5.74) is 2.50. The van der Waals surface area contributed by atoms with Crippen LogP contribution in [0.2, 0.25) is 0 Å². The second-order valence-corrected chi connectivity index (χ2v) is 7.27. The Morgan fingerprint density at radius 3 is 1.62 bits per heavy atom. The highest BCUT2D eigenvalue weighted by molar-refractivity contribution is 5.63. The Morgan fingerprint density at radius 2 is 1.04 bits per heavy atom. The van der Waals surface area contributed by atoms with Crippen LogP contribution in [0, 0.1) is 0 Å². The molecule has 0 aliphatic heterocycles. The van der Waals surface area contributed by atoms with Gasteiger partial charge in [0.1, 0.15) is 5.75 Å². The highest BCUT2D eigenvalue weighted by atomic mass is 16.5. The van der Waals surface area contributed by atoms with Crippen molar-refractivity contribution >= 4 is 0 Å². The van der Waals surface area contributed by atoms with E-state index in [-0.39, 0.29) is 0 Å². The largest absolute Gasteiger partial charge is 0.494 e.